The minimum atomic E-state index is -2.95. The molecule has 3 atom stereocenters. The number of hydrogen-bond donors (Lipinski definition) is 4. The minimum Gasteiger partial charge on any atom is -0.481 e. The summed E-state index contributed by atoms with van der Waals surface area (Å²) in [7, 11) is 0. The lowest BCUT2D eigenvalue weighted by Crippen LogP contribution is -2.59. The fourth-order valence-corrected chi connectivity index (χ4v) is 4.44. The molecule has 0 heterocycles. The van der Waals surface area contributed by atoms with Crippen molar-refractivity contribution in [1.82, 2.24) is 4.90 Å². The van der Waals surface area contributed by atoms with E-state index in [0.717, 1.165) is 17.5 Å². The fraction of sp³-hybridized carbons (Fsp3) is 0.423. The van der Waals surface area contributed by atoms with Gasteiger partial charge in [0.1, 0.15) is 5.92 Å². The summed E-state index contributed by atoms with van der Waals surface area (Å²) in [5, 5.41) is 39.9. The summed E-state index contributed by atoms with van der Waals surface area (Å²) in [5.74, 6) is -6.80. The van der Waals surface area contributed by atoms with Crippen molar-refractivity contribution in [2.45, 2.75) is 50.7 Å². The van der Waals surface area contributed by atoms with Crippen molar-refractivity contribution in [1.29, 1.82) is 0 Å². The standard InChI is InChI=1S/C26H33NO7/c1-2-27(17-9-14-19-10-5-3-6-11-19)21(16-15-20-12-7-4-8-13-20)23(24(30)31)26(34,25(32)33)18-22(28)29/h3-8,10-13,21,23,34H,2,9,14-18H2,1H3,(H,28,29)(H,30,31)(H,32,33)/t21-,23+,26+/m1/s1. The first-order valence-electron chi connectivity index (χ1n) is 11.4. The topological polar surface area (TPSA) is 135 Å². The van der Waals surface area contributed by atoms with Crippen molar-refractivity contribution in [2.75, 3.05) is 13.1 Å². The summed E-state index contributed by atoms with van der Waals surface area (Å²) in [5.41, 5.74) is -0.887. The van der Waals surface area contributed by atoms with Crippen molar-refractivity contribution >= 4 is 17.9 Å². The average molecular weight is 472 g/mol. The molecule has 0 fully saturated rings. The molecular formula is C26H33NO7. The van der Waals surface area contributed by atoms with Crippen LogP contribution in [0, 0.1) is 5.92 Å². The number of benzene rings is 2. The van der Waals surface area contributed by atoms with Gasteiger partial charge in [0.2, 0.25) is 0 Å². The third-order valence-corrected chi connectivity index (χ3v) is 6.16. The number of carbonyl (C=O) groups is 3. The lowest BCUT2D eigenvalue weighted by molar-refractivity contribution is -0.184. The van der Waals surface area contributed by atoms with Gasteiger partial charge in [0.25, 0.3) is 0 Å². The van der Waals surface area contributed by atoms with Crippen LogP contribution in [0.4, 0.5) is 0 Å². The maximum absolute atomic E-state index is 12.4. The van der Waals surface area contributed by atoms with Crippen LogP contribution < -0.4 is 0 Å². The number of carboxylic acids is 3. The molecule has 184 valence electrons. The van der Waals surface area contributed by atoms with E-state index in [0.29, 0.717) is 25.9 Å². The molecule has 0 aromatic heterocycles. The lowest BCUT2D eigenvalue weighted by atomic mass is 9.76. The lowest BCUT2D eigenvalue weighted by Gasteiger charge is -2.40. The summed E-state index contributed by atoms with van der Waals surface area (Å²) < 4.78 is 0. The molecule has 4 N–H and O–H groups in total. The van der Waals surface area contributed by atoms with Gasteiger partial charge in [-0.15, -0.1) is 0 Å². The van der Waals surface area contributed by atoms with Gasteiger partial charge in [0.05, 0.1) is 6.42 Å². The van der Waals surface area contributed by atoms with E-state index in [1.807, 2.05) is 72.5 Å². The van der Waals surface area contributed by atoms with Crippen LogP contribution in [-0.4, -0.2) is 68.0 Å². The Labute approximate surface area is 199 Å². The van der Waals surface area contributed by atoms with Crippen molar-refractivity contribution in [2.24, 2.45) is 5.92 Å². The first-order chi connectivity index (χ1) is 16.2. The van der Waals surface area contributed by atoms with Crippen LogP contribution in [-0.2, 0) is 27.2 Å². The van der Waals surface area contributed by atoms with Crippen LogP contribution in [0.5, 0.6) is 0 Å². The number of aliphatic carboxylic acids is 3. The second-order valence-corrected chi connectivity index (χ2v) is 8.43. The summed E-state index contributed by atoms with van der Waals surface area (Å²) in [4.78, 5) is 37.6. The zero-order valence-corrected chi connectivity index (χ0v) is 19.3. The van der Waals surface area contributed by atoms with Gasteiger partial charge in [0, 0.05) is 6.04 Å². The van der Waals surface area contributed by atoms with Crippen LogP contribution in [0.1, 0.15) is 37.3 Å². The summed E-state index contributed by atoms with van der Waals surface area (Å²) >= 11 is 0. The quantitative estimate of drug-likeness (QED) is 0.311. The fourth-order valence-electron chi connectivity index (χ4n) is 4.44. The highest BCUT2D eigenvalue weighted by Crippen LogP contribution is 2.32. The van der Waals surface area contributed by atoms with Crippen LogP contribution in [0.15, 0.2) is 60.7 Å². The Kier molecular flexibility index (Phi) is 10.2. The zero-order chi connectivity index (χ0) is 25.1. The number of nitrogens with zero attached hydrogens (tertiary/aromatic N) is 1. The number of carboxylic acid groups (broad SMARTS) is 3. The van der Waals surface area contributed by atoms with Gasteiger partial charge >= 0.3 is 17.9 Å². The van der Waals surface area contributed by atoms with Gasteiger partial charge in [-0.25, -0.2) is 4.79 Å². The molecule has 0 aliphatic heterocycles. The zero-order valence-electron chi connectivity index (χ0n) is 19.3. The maximum atomic E-state index is 12.4. The molecule has 0 saturated heterocycles. The molecule has 0 bridgehead atoms. The Morgan fingerprint density at radius 2 is 1.41 bits per heavy atom. The van der Waals surface area contributed by atoms with Crippen molar-refractivity contribution in [3.8, 4) is 0 Å². The monoisotopic (exact) mass is 471 g/mol. The van der Waals surface area contributed by atoms with Gasteiger partial charge in [-0.05, 0) is 49.9 Å². The third kappa shape index (κ3) is 7.40. The van der Waals surface area contributed by atoms with E-state index < -0.39 is 41.9 Å². The molecule has 2 aromatic carbocycles. The smallest absolute Gasteiger partial charge is 0.337 e. The summed E-state index contributed by atoms with van der Waals surface area (Å²) in [6, 6.07) is 18.3. The van der Waals surface area contributed by atoms with Crippen molar-refractivity contribution < 1.29 is 34.8 Å². The second kappa shape index (κ2) is 12.9. The predicted molar refractivity (Wildman–Crippen MR) is 127 cm³/mol. The highest BCUT2D eigenvalue weighted by molar-refractivity contribution is 5.90. The number of rotatable bonds is 15. The largest absolute Gasteiger partial charge is 0.481 e. The molecule has 2 rings (SSSR count). The van der Waals surface area contributed by atoms with Crippen LogP contribution in [0.3, 0.4) is 0 Å². The van der Waals surface area contributed by atoms with Gasteiger partial charge in [0.15, 0.2) is 5.60 Å². The summed E-state index contributed by atoms with van der Waals surface area (Å²) in [6.45, 7) is 2.73. The molecule has 8 heteroatoms. The van der Waals surface area contributed by atoms with Gasteiger partial charge in [-0.3, -0.25) is 14.5 Å². The van der Waals surface area contributed by atoms with E-state index in [9.17, 15) is 34.8 Å². The van der Waals surface area contributed by atoms with Gasteiger partial charge < -0.3 is 20.4 Å². The molecule has 0 spiro atoms. The summed E-state index contributed by atoms with van der Waals surface area (Å²) in [6.07, 6.45) is 0.931. The van der Waals surface area contributed by atoms with E-state index >= 15 is 0 Å². The van der Waals surface area contributed by atoms with Crippen LogP contribution >= 0.6 is 0 Å². The number of aryl methyl sites for hydroxylation is 2. The minimum absolute atomic E-state index is 0.245. The molecule has 34 heavy (non-hydrogen) atoms. The second-order valence-electron chi connectivity index (χ2n) is 8.43. The van der Waals surface area contributed by atoms with E-state index in [2.05, 4.69) is 0 Å². The molecule has 0 unspecified atom stereocenters. The molecule has 2 aromatic rings. The third-order valence-electron chi connectivity index (χ3n) is 6.16. The normalized spacial score (nSPS) is 14.8. The van der Waals surface area contributed by atoms with E-state index in [1.165, 1.54) is 0 Å². The van der Waals surface area contributed by atoms with E-state index in [1.54, 1.807) is 0 Å². The molecule has 0 radical (unpaired) electrons. The molecule has 0 aliphatic rings. The number of aliphatic hydroxyl groups is 1. The van der Waals surface area contributed by atoms with Crippen LogP contribution in [0.2, 0.25) is 0 Å². The SMILES string of the molecule is CCN(CCCc1ccccc1)[C@H](CCc1ccccc1)[C@@H](C(=O)O)[C@@](O)(CC(=O)O)C(=O)O. The molecule has 0 amide bonds. The van der Waals surface area contributed by atoms with E-state index in [4.69, 9.17) is 0 Å². The molecular weight excluding hydrogens is 438 g/mol. The van der Waals surface area contributed by atoms with E-state index in [-0.39, 0.29) is 6.42 Å². The molecule has 8 nitrogen and oxygen atoms in total. The Hall–Kier alpha value is -3.23. The van der Waals surface area contributed by atoms with Crippen LogP contribution in [0.25, 0.3) is 0 Å². The predicted octanol–water partition coefficient (Wildman–Crippen LogP) is 2.93. The van der Waals surface area contributed by atoms with Crippen molar-refractivity contribution in [3.05, 3.63) is 71.8 Å². The Morgan fingerprint density at radius 3 is 1.85 bits per heavy atom. The van der Waals surface area contributed by atoms with Crippen molar-refractivity contribution in [3.63, 3.8) is 0 Å². The Morgan fingerprint density at radius 1 is 0.882 bits per heavy atom. The Balaban J connectivity index is 2.35. The Bertz CT molecular complexity index is 935. The highest BCUT2D eigenvalue weighted by Gasteiger charge is 2.54. The average Bonchev–Trinajstić information content (AvgIpc) is 2.80. The number of hydrogen-bond acceptors (Lipinski definition) is 5. The first-order valence-corrected chi connectivity index (χ1v) is 11.4. The highest BCUT2D eigenvalue weighted by atomic mass is 16.4. The maximum Gasteiger partial charge on any atom is 0.337 e. The molecule has 0 saturated carbocycles. The van der Waals surface area contributed by atoms with Gasteiger partial charge in [-0.1, -0.05) is 67.6 Å². The first kappa shape index (κ1) is 27.0. The molecule has 0 aliphatic carbocycles. The van der Waals surface area contributed by atoms with Gasteiger partial charge in [-0.2, -0.15) is 0 Å².